The molecule has 0 aromatic heterocycles. The Kier molecular flexibility index (Phi) is 6.45. The van der Waals surface area contributed by atoms with Crippen molar-refractivity contribution in [3.63, 3.8) is 0 Å². The van der Waals surface area contributed by atoms with Gasteiger partial charge in [0.1, 0.15) is 0 Å². The minimum atomic E-state index is -0.294. The number of carbonyl (C=O) groups is 2. The van der Waals surface area contributed by atoms with E-state index >= 15 is 0 Å². The average Bonchev–Trinajstić information content (AvgIpc) is 2.54. The van der Waals surface area contributed by atoms with E-state index in [0.717, 1.165) is 32.0 Å². The molecule has 0 radical (unpaired) electrons. The van der Waals surface area contributed by atoms with Gasteiger partial charge in [-0.1, -0.05) is 19.3 Å². The quantitative estimate of drug-likeness (QED) is 0.665. The predicted octanol–water partition coefficient (Wildman–Crippen LogP) is -0.0254. The van der Waals surface area contributed by atoms with Crippen LogP contribution in [-0.2, 0) is 9.59 Å². The van der Waals surface area contributed by atoms with E-state index in [2.05, 4.69) is 15.5 Å². The summed E-state index contributed by atoms with van der Waals surface area (Å²) in [6, 6.07) is 1.01. The number of piperidine rings is 1. The van der Waals surface area contributed by atoms with Crippen LogP contribution in [0.4, 0.5) is 0 Å². The Balaban J connectivity index is 1.64. The number of likely N-dealkylation sites (tertiary alicyclic amines) is 1. The standard InChI is InChI=1S/C15H28N4O2/c16-10-14(20)17-11-15(21)18-12-6-8-19(9-7-12)13-4-2-1-3-5-13/h12-13H,1-11,16H2,(H,17,20)(H,18,21). The number of nitrogens with two attached hydrogens (primary N) is 1. The van der Waals surface area contributed by atoms with Crippen molar-refractivity contribution >= 4 is 11.8 Å². The molecule has 4 N–H and O–H groups in total. The van der Waals surface area contributed by atoms with Gasteiger partial charge < -0.3 is 21.3 Å². The van der Waals surface area contributed by atoms with Crippen LogP contribution in [0.5, 0.6) is 0 Å². The van der Waals surface area contributed by atoms with Crippen LogP contribution in [0.3, 0.4) is 0 Å². The monoisotopic (exact) mass is 296 g/mol. The van der Waals surface area contributed by atoms with Gasteiger partial charge in [0.2, 0.25) is 11.8 Å². The minimum absolute atomic E-state index is 0.0267. The molecule has 6 nitrogen and oxygen atoms in total. The summed E-state index contributed by atoms with van der Waals surface area (Å²) in [5, 5.41) is 5.50. The zero-order valence-corrected chi connectivity index (χ0v) is 12.8. The lowest BCUT2D eigenvalue weighted by Gasteiger charge is -2.39. The van der Waals surface area contributed by atoms with E-state index in [1.54, 1.807) is 0 Å². The first-order chi connectivity index (χ1) is 10.2. The highest BCUT2D eigenvalue weighted by molar-refractivity contribution is 5.85. The van der Waals surface area contributed by atoms with Crippen molar-refractivity contribution in [3.8, 4) is 0 Å². The SMILES string of the molecule is NCC(=O)NCC(=O)NC1CCN(C2CCCCC2)CC1. The third kappa shape index (κ3) is 5.28. The number of nitrogens with zero attached hydrogens (tertiary/aromatic N) is 1. The van der Waals surface area contributed by atoms with E-state index in [9.17, 15) is 9.59 Å². The molecule has 2 aliphatic rings. The van der Waals surface area contributed by atoms with Crippen LogP contribution in [0.25, 0.3) is 0 Å². The van der Waals surface area contributed by atoms with Crippen molar-refractivity contribution in [2.24, 2.45) is 5.73 Å². The molecule has 2 fully saturated rings. The van der Waals surface area contributed by atoms with Gasteiger partial charge in [-0.3, -0.25) is 9.59 Å². The Morgan fingerprint density at radius 3 is 2.29 bits per heavy atom. The van der Waals surface area contributed by atoms with Crippen molar-refractivity contribution in [2.45, 2.75) is 57.0 Å². The zero-order chi connectivity index (χ0) is 15.1. The molecular formula is C15H28N4O2. The fourth-order valence-corrected chi connectivity index (χ4v) is 3.38. The van der Waals surface area contributed by atoms with Gasteiger partial charge in [0, 0.05) is 25.2 Å². The smallest absolute Gasteiger partial charge is 0.239 e. The highest BCUT2D eigenvalue weighted by Gasteiger charge is 2.26. The van der Waals surface area contributed by atoms with E-state index in [0.29, 0.717) is 0 Å². The van der Waals surface area contributed by atoms with Crippen LogP contribution in [-0.4, -0.2) is 55.0 Å². The summed E-state index contributed by atoms with van der Waals surface area (Å²) in [4.78, 5) is 25.3. The summed E-state index contributed by atoms with van der Waals surface area (Å²) >= 11 is 0. The van der Waals surface area contributed by atoms with E-state index in [1.807, 2.05) is 0 Å². The van der Waals surface area contributed by atoms with Gasteiger partial charge in [0.05, 0.1) is 13.1 Å². The highest BCUT2D eigenvalue weighted by atomic mass is 16.2. The average molecular weight is 296 g/mol. The van der Waals surface area contributed by atoms with Gasteiger partial charge in [0.25, 0.3) is 0 Å². The second kappa shape index (κ2) is 8.34. The number of rotatable bonds is 5. The van der Waals surface area contributed by atoms with E-state index in [4.69, 9.17) is 5.73 Å². The fourth-order valence-electron chi connectivity index (χ4n) is 3.38. The molecule has 1 heterocycles. The Morgan fingerprint density at radius 1 is 1.00 bits per heavy atom. The largest absolute Gasteiger partial charge is 0.352 e. The molecular weight excluding hydrogens is 268 g/mol. The fraction of sp³-hybridized carbons (Fsp3) is 0.867. The Morgan fingerprint density at radius 2 is 1.67 bits per heavy atom. The number of hydrogen-bond donors (Lipinski definition) is 3. The lowest BCUT2D eigenvalue weighted by Crippen LogP contribution is -2.50. The third-order valence-electron chi connectivity index (χ3n) is 4.62. The molecule has 1 saturated carbocycles. The van der Waals surface area contributed by atoms with Crippen LogP contribution in [0.15, 0.2) is 0 Å². The third-order valence-corrected chi connectivity index (χ3v) is 4.62. The van der Waals surface area contributed by atoms with Crippen molar-refractivity contribution < 1.29 is 9.59 Å². The van der Waals surface area contributed by atoms with Crippen LogP contribution in [0.2, 0.25) is 0 Å². The topological polar surface area (TPSA) is 87.5 Å². The lowest BCUT2D eigenvalue weighted by molar-refractivity contribution is -0.126. The molecule has 6 heteroatoms. The number of nitrogens with one attached hydrogen (secondary N) is 2. The summed E-state index contributed by atoms with van der Waals surface area (Å²) in [7, 11) is 0. The molecule has 0 atom stereocenters. The van der Waals surface area contributed by atoms with E-state index in [-0.39, 0.29) is 30.9 Å². The molecule has 2 rings (SSSR count). The Hall–Kier alpha value is -1.14. The van der Waals surface area contributed by atoms with Gasteiger partial charge in [-0.25, -0.2) is 0 Å². The zero-order valence-electron chi connectivity index (χ0n) is 12.8. The first kappa shape index (κ1) is 16.2. The summed E-state index contributed by atoms with van der Waals surface area (Å²) in [5.74, 6) is -0.412. The molecule has 1 aliphatic carbocycles. The maximum Gasteiger partial charge on any atom is 0.239 e. The molecule has 0 spiro atoms. The molecule has 2 amide bonds. The van der Waals surface area contributed by atoms with Crippen LogP contribution < -0.4 is 16.4 Å². The molecule has 120 valence electrons. The lowest BCUT2D eigenvalue weighted by atomic mass is 9.92. The van der Waals surface area contributed by atoms with Gasteiger partial charge in [0.15, 0.2) is 0 Å². The maximum atomic E-state index is 11.7. The summed E-state index contributed by atoms with van der Waals surface area (Å²) in [5.41, 5.74) is 5.18. The Bertz CT molecular complexity index is 348. The molecule has 1 aliphatic heterocycles. The summed E-state index contributed by atoms with van der Waals surface area (Å²) in [6.45, 7) is 2.10. The van der Waals surface area contributed by atoms with Crippen molar-refractivity contribution in [3.05, 3.63) is 0 Å². The molecule has 1 saturated heterocycles. The second-order valence-corrected chi connectivity index (χ2v) is 6.15. The molecule has 0 unspecified atom stereocenters. The first-order valence-corrected chi connectivity index (χ1v) is 8.19. The van der Waals surface area contributed by atoms with E-state index < -0.39 is 0 Å². The summed E-state index contributed by atoms with van der Waals surface area (Å²) in [6.07, 6.45) is 8.80. The highest BCUT2D eigenvalue weighted by Crippen LogP contribution is 2.25. The van der Waals surface area contributed by atoms with Crippen LogP contribution >= 0.6 is 0 Å². The maximum absolute atomic E-state index is 11.7. The van der Waals surface area contributed by atoms with Gasteiger partial charge in [-0.2, -0.15) is 0 Å². The van der Waals surface area contributed by atoms with Crippen LogP contribution in [0, 0.1) is 0 Å². The molecule has 0 aromatic rings. The van der Waals surface area contributed by atoms with Crippen molar-refractivity contribution in [1.29, 1.82) is 0 Å². The first-order valence-electron chi connectivity index (χ1n) is 8.19. The van der Waals surface area contributed by atoms with Gasteiger partial charge in [-0.15, -0.1) is 0 Å². The van der Waals surface area contributed by atoms with Crippen molar-refractivity contribution in [1.82, 2.24) is 15.5 Å². The molecule has 21 heavy (non-hydrogen) atoms. The van der Waals surface area contributed by atoms with Gasteiger partial charge in [-0.05, 0) is 25.7 Å². The van der Waals surface area contributed by atoms with Gasteiger partial charge >= 0.3 is 0 Å². The Labute approximate surface area is 126 Å². The number of carbonyl (C=O) groups excluding carboxylic acids is 2. The number of hydrogen-bond acceptors (Lipinski definition) is 4. The predicted molar refractivity (Wildman–Crippen MR) is 81.7 cm³/mol. The minimum Gasteiger partial charge on any atom is -0.352 e. The van der Waals surface area contributed by atoms with E-state index in [1.165, 1.54) is 32.1 Å². The number of amides is 2. The molecule has 0 aromatic carbocycles. The summed E-state index contributed by atoms with van der Waals surface area (Å²) < 4.78 is 0. The second-order valence-electron chi connectivity index (χ2n) is 6.15. The normalized spacial score (nSPS) is 22.0. The molecule has 0 bridgehead atoms. The van der Waals surface area contributed by atoms with Crippen LogP contribution in [0.1, 0.15) is 44.9 Å². The van der Waals surface area contributed by atoms with Crippen molar-refractivity contribution in [2.75, 3.05) is 26.2 Å².